The summed E-state index contributed by atoms with van der Waals surface area (Å²) in [6.45, 7) is 7.17. The molecule has 1 aromatic carbocycles. The van der Waals surface area contributed by atoms with Gasteiger partial charge in [-0.05, 0) is 75.8 Å². The summed E-state index contributed by atoms with van der Waals surface area (Å²) in [6, 6.07) is 10.7. The number of carbonyl (C=O) groups is 2. The van der Waals surface area contributed by atoms with Crippen LogP contribution >= 0.6 is 0 Å². The minimum atomic E-state index is -0.612. The highest BCUT2D eigenvalue weighted by atomic mass is 16.2. The van der Waals surface area contributed by atoms with Gasteiger partial charge in [-0.15, -0.1) is 0 Å². The Morgan fingerprint density at radius 1 is 1.03 bits per heavy atom. The van der Waals surface area contributed by atoms with Gasteiger partial charge in [-0.3, -0.25) is 9.59 Å². The Kier molecular flexibility index (Phi) is 7.55. The molecule has 3 aliphatic rings. The van der Waals surface area contributed by atoms with Crippen molar-refractivity contribution in [2.75, 3.05) is 19.6 Å². The number of aryl methyl sites for hydroxylation is 1. The number of nitrogens with one attached hydrogen (secondary N) is 1. The van der Waals surface area contributed by atoms with E-state index in [1.165, 1.54) is 31.2 Å². The summed E-state index contributed by atoms with van der Waals surface area (Å²) < 4.78 is 0. The van der Waals surface area contributed by atoms with Gasteiger partial charge >= 0.3 is 0 Å². The average molecular weight is 440 g/mol. The lowest BCUT2D eigenvalue weighted by Gasteiger charge is -2.56. The summed E-state index contributed by atoms with van der Waals surface area (Å²) >= 11 is 0. The number of piperazine rings is 1. The highest BCUT2D eigenvalue weighted by Crippen LogP contribution is 2.40. The molecule has 4 rings (SSSR count). The highest BCUT2D eigenvalue weighted by Gasteiger charge is 2.56. The Balaban J connectivity index is 1.29. The van der Waals surface area contributed by atoms with Crippen LogP contribution in [0.1, 0.15) is 77.2 Å². The summed E-state index contributed by atoms with van der Waals surface area (Å²) in [6.07, 6.45) is 10.4. The Hall–Kier alpha value is -1.88. The van der Waals surface area contributed by atoms with Crippen molar-refractivity contribution in [3.63, 3.8) is 0 Å². The van der Waals surface area contributed by atoms with E-state index in [1.54, 1.807) is 0 Å². The van der Waals surface area contributed by atoms with E-state index < -0.39 is 5.54 Å². The number of amides is 2. The molecule has 2 amide bonds. The van der Waals surface area contributed by atoms with Crippen molar-refractivity contribution in [1.82, 2.24) is 15.1 Å². The van der Waals surface area contributed by atoms with Gasteiger partial charge in [-0.1, -0.05) is 50.6 Å². The van der Waals surface area contributed by atoms with E-state index in [9.17, 15) is 9.59 Å². The first kappa shape index (κ1) is 23.3. The summed E-state index contributed by atoms with van der Waals surface area (Å²) in [7, 11) is 0. The number of unbranched alkanes of at least 4 members (excludes halogenated alkanes) is 2. The molecule has 5 heteroatoms. The van der Waals surface area contributed by atoms with Crippen LogP contribution in [-0.4, -0.2) is 58.9 Å². The van der Waals surface area contributed by atoms with Crippen LogP contribution in [0.25, 0.3) is 0 Å². The molecule has 0 radical (unpaired) electrons. The molecule has 1 N–H and O–H groups in total. The van der Waals surface area contributed by atoms with E-state index in [-0.39, 0.29) is 23.9 Å². The number of hydrogen-bond donors (Lipinski definition) is 1. The van der Waals surface area contributed by atoms with Crippen molar-refractivity contribution in [2.45, 2.75) is 95.7 Å². The number of benzene rings is 1. The number of likely N-dealkylation sites (tertiary alicyclic amines) is 1. The molecule has 0 aromatic heterocycles. The van der Waals surface area contributed by atoms with Crippen LogP contribution in [0.15, 0.2) is 30.3 Å². The van der Waals surface area contributed by atoms with Crippen LogP contribution in [0.4, 0.5) is 0 Å². The van der Waals surface area contributed by atoms with Crippen molar-refractivity contribution in [1.29, 1.82) is 0 Å². The highest BCUT2D eigenvalue weighted by molar-refractivity contribution is 6.00. The Bertz CT molecular complexity index is 766. The maximum atomic E-state index is 13.5. The van der Waals surface area contributed by atoms with Gasteiger partial charge in [0.2, 0.25) is 11.8 Å². The number of nitrogens with zero attached hydrogens (tertiary/aromatic N) is 2. The third kappa shape index (κ3) is 5.03. The van der Waals surface area contributed by atoms with E-state index in [4.69, 9.17) is 0 Å². The fourth-order valence-electron chi connectivity index (χ4n) is 5.75. The predicted molar refractivity (Wildman–Crippen MR) is 128 cm³/mol. The predicted octanol–water partition coefficient (Wildman–Crippen LogP) is 4.16. The third-order valence-electron chi connectivity index (χ3n) is 7.84. The van der Waals surface area contributed by atoms with Crippen LogP contribution in [0.3, 0.4) is 0 Å². The second-order valence-corrected chi connectivity index (χ2v) is 10.6. The standard InChI is InChI=1S/C27H41N3O2/c1-21(2)20-24-25(31)30(23-13-9-14-23)27(26(32)28-24)15-18-29(19-16-27)17-8-4-7-12-22-10-5-3-6-11-22/h3,5-6,10-11,21,23-24H,4,7-9,12-20H2,1-2H3,(H,28,32)/t24-/m0/s1. The number of rotatable bonds is 9. The molecule has 1 spiro atoms. The fraction of sp³-hybridized carbons (Fsp3) is 0.704. The van der Waals surface area contributed by atoms with E-state index in [0.717, 1.165) is 58.2 Å². The zero-order chi connectivity index (χ0) is 22.6. The quantitative estimate of drug-likeness (QED) is 0.588. The van der Waals surface area contributed by atoms with E-state index in [0.29, 0.717) is 5.92 Å². The smallest absolute Gasteiger partial charge is 0.246 e. The lowest BCUT2D eigenvalue weighted by atomic mass is 9.76. The van der Waals surface area contributed by atoms with E-state index in [1.807, 2.05) is 0 Å². The van der Waals surface area contributed by atoms with E-state index >= 15 is 0 Å². The largest absolute Gasteiger partial charge is 0.342 e. The zero-order valence-electron chi connectivity index (χ0n) is 20.0. The lowest BCUT2D eigenvalue weighted by molar-refractivity contribution is -0.168. The number of carbonyl (C=O) groups excluding carboxylic acids is 2. The van der Waals surface area contributed by atoms with Gasteiger partial charge in [0, 0.05) is 19.1 Å². The second-order valence-electron chi connectivity index (χ2n) is 10.6. The van der Waals surface area contributed by atoms with Gasteiger partial charge < -0.3 is 15.1 Å². The monoisotopic (exact) mass is 439 g/mol. The molecule has 2 heterocycles. The maximum Gasteiger partial charge on any atom is 0.246 e. The normalized spacial score (nSPS) is 24.1. The first-order valence-corrected chi connectivity index (χ1v) is 12.9. The topological polar surface area (TPSA) is 52.7 Å². The molecule has 176 valence electrons. The molecule has 3 fully saturated rings. The van der Waals surface area contributed by atoms with Gasteiger partial charge in [0.25, 0.3) is 0 Å². The number of hydrogen-bond acceptors (Lipinski definition) is 3. The van der Waals surface area contributed by atoms with Crippen LogP contribution < -0.4 is 5.32 Å². The zero-order valence-corrected chi connectivity index (χ0v) is 20.0. The molecule has 0 bridgehead atoms. The summed E-state index contributed by atoms with van der Waals surface area (Å²) in [4.78, 5) is 31.4. The summed E-state index contributed by atoms with van der Waals surface area (Å²) in [5.41, 5.74) is 0.812. The van der Waals surface area contributed by atoms with Gasteiger partial charge in [-0.2, -0.15) is 0 Å². The SMILES string of the molecule is CC(C)C[C@@H]1NC(=O)C2(CCN(CCCCCc3ccccc3)CC2)N(C2CCC2)C1=O. The second kappa shape index (κ2) is 10.4. The van der Waals surface area contributed by atoms with Gasteiger partial charge in [0.1, 0.15) is 11.6 Å². The van der Waals surface area contributed by atoms with E-state index in [2.05, 4.69) is 59.3 Å². The van der Waals surface area contributed by atoms with Crippen molar-refractivity contribution in [2.24, 2.45) is 5.92 Å². The molecule has 2 saturated heterocycles. The minimum Gasteiger partial charge on any atom is -0.342 e. The molecule has 5 nitrogen and oxygen atoms in total. The molecule has 1 aromatic rings. The van der Waals surface area contributed by atoms with Gasteiger partial charge in [-0.25, -0.2) is 0 Å². The minimum absolute atomic E-state index is 0.108. The molecular weight excluding hydrogens is 398 g/mol. The Morgan fingerprint density at radius 2 is 1.75 bits per heavy atom. The van der Waals surface area contributed by atoms with Crippen LogP contribution in [0.5, 0.6) is 0 Å². The molecular formula is C27H41N3O2. The Morgan fingerprint density at radius 3 is 2.38 bits per heavy atom. The lowest BCUT2D eigenvalue weighted by Crippen LogP contribution is -2.75. The molecule has 0 unspecified atom stereocenters. The molecule has 32 heavy (non-hydrogen) atoms. The maximum absolute atomic E-state index is 13.5. The summed E-state index contributed by atoms with van der Waals surface area (Å²) in [5, 5.41) is 3.13. The van der Waals surface area contributed by atoms with Crippen molar-refractivity contribution < 1.29 is 9.59 Å². The molecule has 1 atom stereocenters. The average Bonchev–Trinajstić information content (AvgIpc) is 2.75. The van der Waals surface area contributed by atoms with Crippen LogP contribution in [0, 0.1) is 5.92 Å². The van der Waals surface area contributed by atoms with Crippen LogP contribution in [0.2, 0.25) is 0 Å². The third-order valence-corrected chi connectivity index (χ3v) is 7.84. The summed E-state index contributed by atoms with van der Waals surface area (Å²) in [5.74, 6) is 0.680. The molecule has 2 aliphatic heterocycles. The first-order chi connectivity index (χ1) is 15.5. The van der Waals surface area contributed by atoms with Gasteiger partial charge in [0.05, 0.1) is 0 Å². The van der Waals surface area contributed by atoms with Crippen molar-refractivity contribution >= 4 is 11.8 Å². The van der Waals surface area contributed by atoms with Crippen LogP contribution in [-0.2, 0) is 16.0 Å². The van der Waals surface area contributed by atoms with Crippen molar-refractivity contribution in [3.05, 3.63) is 35.9 Å². The van der Waals surface area contributed by atoms with Gasteiger partial charge in [0.15, 0.2) is 0 Å². The molecule has 1 aliphatic carbocycles. The molecule has 1 saturated carbocycles. The fourth-order valence-corrected chi connectivity index (χ4v) is 5.75. The number of piperidine rings is 1. The van der Waals surface area contributed by atoms with Crippen molar-refractivity contribution in [3.8, 4) is 0 Å². The Labute approximate surface area is 193 Å². The first-order valence-electron chi connectivity index (χ1n) is 12.9.